The Morgan fingerprint density at radius 3 is 2.36 bits per heavy atom. The molecule has 2 atom stereocenters. The molecule has 0 rings (SSSR count). The first-order valence-corrected chi connectivity index (χ1v) is 7.89. The zero-order valence-electron chi connectivity index (χ0n) is 14.4. The zero-order chi connectivity index (χ0) is 19.2. The Hall–Kier alpha value is -2.39. The molecule has 0 aromatic carbocycles. The molecule has 0 radical (unpaired) electrons. The molecular weight excluding hydrogens is 328 g/mol. The molecule has 140 valence electrons. The van der Waals surface area contributed by atoms with Crippen molar-refractivity contribution in [2.75, 3.05) is 20.2 Å². The first kappa shape index (κ1) is 22.6. The van der Waals surface area contributed by atoms with E-state index in [0.717, 1.165) is 0 Å². The van der Waals surface area contributed by atoms with Crippen molar-refractivity contribution in [3.05, 3.63) is 12.7 Å². The van der Waals surface area contributed by atoms with Gasteiger partial charge >= 0.3 is 5.97 Å². The Balaban J connectivity index is 4.86. The fourth-order valence-electron chi connectivity index (χ4n) is 1.94. The molecule has 0 spiro atoms. The zero-order valence-corrected chi connectivity index (χ0v) is 14.4. The molecule has 9 heteroatoms. The monoisotopic (exact) mass is 354 g/mol. The molecule has 0 bridgehead atoms. The second-order valence-corrected chi connectivity index (χ2v) is 5.25. The van der Waals surface area contributed by atoms with Gasteiger partial charge in [-0.05, 0) is 19.9 Å². The van der Waals surface area contributed by atoms with Gasteiger partial charge in [0.25, 0.3) is 0 Å². The SMILES string of the molecule is C=CCOC(=O)C(CCC(=O)C=N)NC(=O)C(CCC(=O)CN)NC. The summed E-state index contributed by atoms with van der Waals surface area (Å²) in [6.07, 6.45) is 2.33. The summed E-state index contributed by atoms with van der Waals surface area (Å²) in [4.78, 5) is 46.9. The summed E-state index contributed by atoms with van der Waals surface area (Å²) in [6, 6.07) is -1.72. The summed E-state index contributed by atoms with van der Waals surface area (Å²) in [5, 5.41) is 12.2. The highest BCUT2D eigenvalue weighted by molar-refractivity contribution is 6.26. The topological polar surface area (TPSA) is 151 Å². The Morgan fingerprint density at radius 2 is 1.84 bits per heavy atom. The van der Waals surface area contributed by atoms with Crippen LogP contribution >= 0.6 is 0 Å². The molecule has 0 saturated carbocycles. The largest absolute Gasteiger partial charge is 0.460 e. The lowest BCUT2D eigenvalue weighted by Crippen LogP contribution is -2.50. The molecular formula is C16H26N4O5. The Labute approximate surface area is 146 Å². The predicted octanol–water partition coefficient (Wildman–Crippen LogP) is -0.905. The van der Waals surface area contributed by atoms with E-state index in [-0.39, 0.29) is 44.6 Å². The van der Waals surface area contributed by atoms with Gasteiger partial charge in [0, 0.05) is 12.8 Å². The van der Waals surface area contributed by atoms with Gasteiger partial charge in [0.2, 0.25) is 5.91 Å². The highest BCUT2D eigenvalue weighted by Crippen LogP contribution is 2.04. The number of carbonyl (C=O) groups is 4. The van der Waals surface area contributed by atoms with Gasteiger partial charge in [0.05, 0.1) is 18.8 Å². The molecule has 0 aromatic heterocycles. The fourth-order valence-corrected chi connectivity index (χ4v) is 1.94. The van der Waals surface area contributed by atoms with Crippen LogP contribution in [0.15, 0.2) is 12.7 Å². The van der Waals surface area contributed by atoms with Crippen molar-refractivity contribution in [1.29, 1.82) is 5.41 Å². The molecule has 0 aliphatic heterocycles. The number of ketones is 2. The second kappa shape index (κ2) is 13.0. The number of rotatable bonds is 14. The fraction of sp³-hybridized carbons (Fsp3) is 0.562. The van der Waals surface area contributed by atoms with Gasteiger partial charge in [0.15, 0.2) is 5.78 Å². The van der Waals surface area contributed by atoms with E-state index in [9.17, 15) is 19.2 Å². The predicted molar refractivity (Wildman–Crippen MR) is 92.3 cm³/mol. The number of ether oxygens (including phenoxy) is 1. The maximum atomic E-state index is 12.3. The van der Waals surface area contributed by atoms with Crippen molar-refractivity contribution in [3.63, 3.8) is 0 Å². The van der Waals surface area contributed by atoms with Crippen molar-refractivity contribution in [3.8, 4) is 0 Å². The van der Waals surface area contributed by atoms with Crippen molar-refractivity contribution in [1.82, 2.24) is 10.6 Å². The van der Waals surface area contributed by atoms with Gasteiger partial charge in [-0.1, -0.05) is 12.7 Å². The van der Waals surface area contributed by atoms with Crippen molar-refractivity contribution < 1.29 is 23.9 Å². The third kappa shape index (κ3) is 9.48. The van der Waals surface area contributed by atoms with Gasteiger partial charge in [-0.2, -0.15) is 0 Å². The van der Waals surface area contributed by atoms with Gasteiger partial charge in [-0.3, -0.25) is 14.4 Å². The quantitative estimate of drug-likeness (QED) is 0.179. The Bertz CT molecular complexity index is 507. The summed E-state index contributed by atoms with van der Waals surface area (Å²) in [5.41, 5.74) is 5.23. The van der Waals surface area contributed by atoms with Crippen molar-refractivity contribution >= 4 is 29.7 Å². The smallest absolute Gasteiger partial charge is 0.328 e. The van der Waals surface area contributed by atoms with Gasteiger partial charge in [-0.25, -0.2) is 4.79 Å². The third-order valence-corrected chi connectivity index (χ3v) is 3.39. The van der Waals surface area contributed by atoms with Crippen LogP contribution in [-0.2, 0) is 23.9 Å². The molecule has 2 unspecified atom stereocenters. The highest BCUT2D eigenvalue weighted by Gasteiger charge is 2.26. The maximum absolute atomic E-state index is 12.3. The first-order valence-electron chi connectivity index (χ1n) is 7.89. The lowest BCUT2D eigenvalue weighted by Gasteiger charge is -2.21. The average molecular weight is 354 g/mol. The van der Waals surface area contributed by atoms with Crippen LogP contribution in [0, 0.1) is 5.41 Å². The van der Waals surface area contributed by atoms with Crippen molar-refractivity contribution in [2.24, 2.45) is 5.73 Å². The first-order chi connectivity index (χ1) is 11.9. The second-order valence-electron chi connectivity index (χ2n) is 5.25. The van der Waals surface area contributed by atoms with E-state index in [1.165, 1.54) is 6.08 Å². The Morgan fingerprint density at radius 1 is 1.20 bits per heavy atom. The lowest BCUT2D eigenvalue weighted by molar-refractivity contribution is -0.147. The number of nitrogens with one attached hydrogen (secondary N) is 3. The number of esters is 1. The van der Waals surface area contributed by atoms with E-state index in [1.54, 1.807) is 7.05 Å². The summed E-state index contributed by atoms with van der Waals surface area (Å²) >= 11 is 0. The molecule has 25 heavy (non-hydrogen) atoms. The van der Waals surface area contributed by atoms with Gasteiger partial charge in [-0.15, -0.1) is 0 Å². The molecule has 0 aromatic rings. The van der Waals surface area contributed by atoms with E-state index in [4.69, 9.17) is 15.9 Å². The number of nitrogens with two attached hydrogens (primary N) is 1. The number of hydrogen-bond acceptors (Lipinski definition) is 8. The number of likely N-dealkylation sites (N-methyl/N-ethyl adjacent to an activating group) is 1. The standard InChI is InChI=1S/C16H26N4O5/c1-3-8-25-16(24)14(7-5-12(22)10-18)20-15(23)13(19-2)6-4-11(21)9-17/h3,10,13-14,18-19H,1,4-9,17H2,2H3,(H,20,23). The summed E-state index contributed by atoms with van der Waals surface area (Å²) in [6.45, 7) is 3.31. The van der Waals surface area contributed by atoms with Crippen LogP contribution in [0.2, 0.25) is 0 Å². The minimum Gasteiger partial charge on any atom is -0.460 e. The maximum Gasteiger partial charge on any atom is 0.328 e. The minimum atomic E-state index is -1.03. The normalized spacial score (nSPS) is 12.6. The summed E-state index contributed by atoms with van der Waals surface area (Å²) in [5.74, 6) is -1.82. The average Bonchev–Trinajstić information content (AvgIpc) is 2.62. The summed E-state index contributed by atoms with van der Waals surface area (Å²) < 4.78 is 4.92. The van der Waals surface area contributed by atoms with Crippen molar-refractivity contribution in [2.45, 2.75) is 37.8 Å². The molecule has 0 aliphatic rings. The van der Waals surface area contributed by atoms with Crippen LogP contribution in [0.25, 0.3) is 0 Å². The minimum absolute atomic E-state index is 0.00803. The molecule has 0 saturated heterocycles. The van der Waals surface area contributed by atoms with E-state index in [1.807, 2.05) is 0 Å². The van der Waals surface area contributed by atoms with Crippen LogP contribution in [0.3, 0.4) is 0 Å². The Kier molecular flexibility index (Phi) is 11.7. The van der Waals surface area contributed by atoms with E-state index in [2.05, 4.69) is 17.2 Å². The number of Topliss-reactive ketones (excluding diaryl/α,β-unsaturated/α-hetero) is 2. The number of carbonyl (C=O) groups excluding carboxylic acids is 4. The molecule has 9 nitrogen and oxygen atoms in total. The van der Waals surface area contributed by atoms with E-state index in [0.29, 0.717) is 6.21 Å². The van der Waals surface area contributed by atoms with E-state index < -0.39 is 29.7 Å². The van der Waals surface area contributed by atoms with Crippen LogP contribution in [0.1, 0.15) is 25.7 Å². The lowest BCUT2D eigenvalue weighted by atomic mass is 10.1. The highest BCUT2D eigenvalue weighted by atomic mass is 16.5. The number of amides is 1. The van der Waals surface area contributed by atoms with Crippen LogP contribution < -0.4 is 16.4 Å². The molecule has 0 fully saturated rings. The van der Waals surface area contributed by atoms with Crippen LogP contribution in [-0.4, -0.2) is 61.9 Å². The molecule has 0 aliphatic carbocycles. The molecule has 5 N–H and O–H groups in total. The molecule has 0 heterocycles. The van der Waals surface area contributed by atoms with Crippen LogP contribution in [0.5, 0.6) is 0 Å². The molecule has 1 amide bonds. The van der Waals surface area contributed by atoms with Gasteiger partial charge < -0.3 is 26.5 Å². The summed E-state index contributed by atoms with van der Waals surface area (Å²) in [7, 11) is 1.56. The van der Waals surface area contributed by atoms with E-state index >= 15 is 0 Å². The third-order valence-electron chi connectivity index (χ3n) is 3.39. The van der Waals surface area contributed by atoms with Crippen LogP contribution in [0.4, 0.5) is 0 Å². The van der Waals surface area contributed by atoms with Gasteiger partial charge in [0.1, 0.15) is 18.4 Å². The number of hydrogen-bond donors (Lipinski definition) is 4.